The second-order valence-corrected chi connectivity index (χ2v) is 7.12. The molecule has 0 amide bonds. The Morgan fingerprint density at radius 2 is 1.93 bits per heavy atom. The largest absolute Gasteiger partial charge is 0.497 e. The van der Waals surface area contributed by atoms with Crippen molar-refractivity contribution in [3.05, 3.63) is 24.3 Å². The molecule has 1 heterocycles. The number of nitrogens with zero attached hydrogens (tertiary/aromatic N) is 4. The van der Waals surface area contributed by atoms with Crippen molar-refractivity contribution in [1.82, 2.24) is 15.1 Å². The van der Waals surface area contributed by atoms with Crippen LogP contribution in [0, 0.1) is 0 Å². The molecule has 1 aliphatic heterocycles. The van der Waals surface area contributed by atoms with Gasteiger partial charge < -0.3 is 19.9 Å². The molecule has 1 fully saturated rings. The SMILES string of the molecule is CCNC(=NCCCN(C)CC(F)(F)F)N1CCN(c2cccc(OC)c2)CC1.I. The molecule has 0 spiro atoms. The molecule has 1 saturated heterocycles. The van der Waals surface area contributed by atoms with E-state index >= 15 is 0 Å². The van der Waals surface area contributed by atoms with Crippen LogP contribution in [0.2, 0.25) is 0 Å². The fourth-order valence-electron chi connectivity index (χ4n) is 3.32. The third-order valence-electron chi connectivity index (χ3n) is 4.74. The summed E-state index contributed by atoms with van der Waals surface area (Å²) in [5, 5.41) is 3.30. The lowest BCUT2D eigenvalue weighted by Gasteiger charge is -2.37. The topological polar surface area (TPSA) is 43.3 Å². The van der Waals surface area contributed by atoms with Crippen LogP contribution < -0.4 is 15.0 Å². The van der Waals surface area contributed by atoms with E-state index in [1.54, 1.807) is 7.11 Å². The molecule has 0 bridgehead atoms. The number of hydrogen-bond donors (Lipinski definition) is 1. The molecule has 0 radical (unpaired) electrons. The molecule has 10 heteroatoms. The van der Waals surface area contributed by atoms with Crippen LogP contribution in [0.4, 0.5) is 18.9 Å². The number of rotatable bonds is 8. The first-order chi connectivity index (χ1) is 13.8. The summed E-state index contributed by atoms with van der Waals surface area (Å²) < 4.78 is 42.5. The molecular weight excluding hydrogens is 510 g/mol. The van der Waals surface area contributed by atoms with Gasteiger partial charge in [-0.25, -0.2) is 0 Å². The Balaban J connectivity index is 0.00000450. The van der Waals surface area contributed by atoms with Crippen molar-refractivity contribution in [1.29, 1.82) is 0 Å². The molecule has 1 aliphatic rings. The summed E-state index contributed by atoms with van der Waals surface area (Å²) in [7, 11) is 3.15. The van der Waals surface area contributed by atoms with Gasteiger partial charge in [0.05, 0.1) is 13.7 Å². The van der Waals surface area contributed by atoms with E-state index in [9.17, 15) is 13.2 Å². The quantitative estimate of drug-likeness (QED) is 0.236. The Hall–Kier alpha value is -1.43. The third-order valence-corrected chi connectivity index (χ3v) is 4.74. The average Bonchev–Trinajstić information content (AvgIpc) is 2.69. The second-order valence-electron chi connectivity index (χ2n) is 7.12. The Labute approximate surface area is 194 Å². The van der Waals surface area contributed by atoms with Crippen molar-refractivity contribution in [3.63, 3.8) is 0 Å². The van der Waals surface area contributed by atoms with Crippen LogP contribution in [0.15, 0.2) is 29.3 Å². The van der Waals surface area contributed by atoms with Crippen LogP contribution >= 0.6 is 24.0 Å². The van der Waals surface area contributed by atoms with E-state index in [1.807, 2.05) is 25.1 Å². The lowest BCUT2D eigenvalue weighted by Crippen LogP contribution is -2.52. The molecule has 30 heavy (non-hydrogen) atoms. The maximum Gasteiger partial charge on any atom is 0.401 e. The molecule has 1 aromatic carbocycles. The first kappa shape index (κ1) is 26.6. The molecule has 0 aliphatic carbocycles. The lowest BCUT2D eigenvalue weighted by atomic mass is 10.2. The summed E-state index contributed by atoms with van der Waals surface area (Å²) in [5.74, 6) is 1.67. The summed E-state index contributed by atoms with van der Waals surface area (Å²) >= 11 is 0. The van der Waals surface area contributed by atoms with Crippen LogP contribution in [0.3, 0.4) is 0 Å². The van der Waals surface area contributed by atoms with Gasteiger partial charge in [-0.15, -0.1) is 24.0 Å². The normalized spacial score (nSPS) is 15.2. The summed E-state index contributed by atoms with van der Waals surface area (Å²) in [6.07, 6.45) is -3.57. The van der Waals surface area contributed by atoms with Crippen LogP contribution in [0.5, 0.6) is 5.75 Å². The number of halogens is 4. The smallest absolute Gasteiger partial charge is 0.401 e. The van der Waals surface area contributed by atoms with Gasteiger partial charge in [0.25, 0.3) is 0 Å². The zero-order valence-corrected chi connectivity index (χ0v) is 20.2. The number of aliphatic imine (C=N–C) groups is 1. The highest BCUT2D eigenvalue weighted by Crippen LogP contribution is 2.22. The van der Waals surface area contributed by atoms with Crippen molar-refractivity contribution < 1.29 is 17.9 Å². The highest BCUT2D eigenvalue weighted by atomic mass is 127. The summed E-state index contributed by atoms with van der Waals surface area (Å²) in [6, 6.07) is 8.03. The summed E-state index contributed by atoms with van der Waals surface area (Å²) in [4.78, 5) is 10.4. The van der Waals surface area contributed by atoms with Gasteiger partial charge in [0.15, 0.2) is 5.96 Å². The first-order valence-corrected chi connectivity index (χ1v) is 10.00. The standard InChI is InChI=1S/C20H32F3N5O.HI/c1-4-24-19(25-9-6-10-26(2)16-20(21,22)23)28-13-11-27(12-14-28)17-7-5-8-18(15-17)29-3;/h5,7-8,15H,4,6,9-14,16H2,1-3H3,(H,24,25);1H. The molecule has 0 saturated carbocycles. The first-order valence-electron chi connectivity index (χ1n) is 10.00. The predicted molar refractivity (Wildman–Crippen MR) is 126 cm³/mol. The van der Waals surface area contributed by atoms with Crippen LogP contribution in [-0.4, -0.2) is 88.5 Å². The van der Waals surface area contributed by atoms with Gasteiger partial charge in [-0.3, -0.25) is 9.89 Å². The van der Waals surface area contributed by atoms with Gasteiger partial charge in [-0.2, -0.15) is 13.2 Å². The van der Waals surface area contributed by atoms with E-state index in [1.165, 1.54) is 11.9 Å². The van der Waals surface area contributed by atoms with E-state index in [2.05, 4.69) is 26.2 Å². The molecular formula is C20H33F3IN5O. The van der Waals surface area contributed by atoms with Crippen molar-refractivity contribution in [2.75, 3.05) is 71.4 Å². The molecule has 2 rings (SSSR count). The average molecular weight is 543 g/mol. The minimum Gasteiger partial charge on any atom is -0.497 e. The molecule has 6 nitrogen and oxygen atoms in total. The van der Waals surface area contributed by atoms with Crippen LogP contribution in [0.1, 0.15) is 13.3 Å². The van der Waals surface area contributed by atoms with Crippen molar-refractivity contribution >= 4 is 35.6 Å². The van der Waals surface area contributed by atoms with Gasteiger partial charge in [-0.1, -0.05) is 6.07 Å². The molecule has 0 aromatic heterocycles. The van der Waals surface area contributed by atoms with Gasteiger partial charge in [-0.05, 0) is 39.1 Å². The Morgan fingerprint density at radius 1 is 1.23 bits per heavy atom. The van der Waals surface area contributed by atoms with Crippen LogP contribution in [-0.2, 0) is 0 Å². The van der Waals surface area contributed by atoms with E-state index in [-0.39, 0.29) is 24.0 Å². The minimum atomic E-state index is -4.16. The second kappa shape index (κ2) is 13.1. The van der Waals surface area contributed by atoms with Gasteiger partial charge in [0.1, 0.15) is 5.75 Å². The maximum atomic E-state index is 12.4. The Bertz CT molecular complexity index is 652. The lowest BCUT2D eigenvalue weighted by molar-refractivity contribution is -0.143. The Morgan fingerprint density at radius 3 is 2.53 bits per heavy atom. The number of alkyl halides is 3. The van der Waals surface area contributed by atoms with Crippen molar-refractivity contribution in [3.8, 4) is 5.75 Å². The number of methoxy groups -OCH3 is 1. The predicted octanol–water partition coefficient (Wildman–Crippen LogP) is 3.28. The zero-order valence-electron chi connectivity index (χ0n) is 17.9. The fourth-order valence-corrected chi connectivity index (χ4v) is 3.32. The number of guanidine groups is 1. The van der Waals surface area contributed by atoms with Gasteiger partial charge >= 0.3 is 6.18 Å². The summed E-state index contributed by atoms with van der Waals surface area (Å²) in [6.45, 7) is 6.14. The van der Waals surface area contributed by atoms with Gasteiger partial charge in [0, 0.05) is 51.0 Å². The maximum absolute atomic E-state index is 12.4. The van der Waals surface area contributed by atoms with E-state index < -0.39 is 12.7 Å². The molecule has 1 N–H and O–H groups in total. The highest BCUT2D eigenvalue weighted by Gasteiger charge is 2.28. The minimum absolute atomic E-state index is 0. The molecule has 172 valence electrons. The van der Waals surface area contributed by atoms with Gasteiger partial charge in [0.2, 0.25) is 0 Å². The van der Waals surface area contributed by atoms with E-state index in [0.717, 1.165) is 50.1 Å². The number of piperazine rings is 1. The fraction of sp³-hybridized carbons (Fsp3) is 0.650. The third kappa shape index (κ3) is 9.15. The molecule has 0 unspecified atom stereocenters. The van der Waals surface area contributed by atoms with Crippen molar-refractivity contribution in [2.24, 2.45) is 4.99 Å². The monoisotopic (exact) mass is 543 g/mol. The molecule has 1 aromatic rings. The number of benzene rings is 1. The zero-order chi connectivity index (χ0) is 21.3. The van der Waals surface area contributed by atoms with Crippen LogP contribution in [0.25, 0.3) is 0 Å². The number of hydrogen-bond acceptors (Lipinski definition) is 4. The Kier molecular flexibility index (Phi) is 11.6. The number of nitrogens with one attached hydrogen (secondary N) is 1. The molecule has 0 atom stereocenters. The van der Waals surface area contributed by atoms with E-state index in [4.69, 9.17) is 4.74 Å². The number of anilines is 1. The summed E-state index contributed by atoms with van der Waals surface area (Å²) in [5.41, 5.74) is 1.14. The van der Waals surface area contributed by atoms with E-state index in [0.29, 0.717) is 19.5 Å². The van der Waals surface area contributed by atoms with Crippen molar-refractivity contribution in [2.45, 2.75) is 19.5 Å². The number of ether oxygens (including phenoxy) is 1. The highest BCUT2D eigenvalue weighted by molar-refractivity contribution is 14.0.